The Bertz CT molecular complexity index is 256. The molecule has 5 nitrogen and oxygen atoms in total. The normalized spacial score (nSPS) is 13.4. The second-order valence-electron chi connectivity index (χ2n) is 4.68. The van der Waals surface area contributed by atoms with E-state index in [1.807, 2.05) is 0 Å². The molecule has 0 aliphatic heterocycles. The molecule has 1 atom stereocenters. The van der Waals surface area contributed by atoms with Gasteiger partial charge in [0.25, 0.3) is 0 Å². The van der Waals surface area contributed by atoms with Crippen molar-refractivity contribution >= 4 is 23.0 Å². The Kier molecular flexibility index (Phi) is 5.75. The van der Waals surface area contributed by atoms with Crippen molar-refractivity contribution in [1.82, 2.24) is 0 Å². The molecule has 0 bridgehead atoms. The van der Waals surface area contributed by atoms with Crippen LogP contribution in [-0.2, 0) is 19.3 Å². The van der Waals surface area contributed by atoms with Gasteiger partial charge in [-0.1, -0.05) is 13.8 Å². The van der Waals surface area contributed by atoms with E-state index >= 15 is 0 Å². The highest BCUT2D eigenvalue weighted by atomic mass is 35.5. The van der Waals surface area contributed by atoms with Gasteiger partial charge >= 0.3 is 11.4 Å². The van der Waals surface area contributed by atoms with Gasteiger partial charge in [0, 0.05) is 17.5 Å². The van der Waals surface area contributed by atoms with Gasteiger partial charge in [0.2, 0.25) is 6.29 Å². The number of rotatable bonds is 4. The van der Waals surface area contributed by atoms with Crippen LogP contribution in [0.4, 0.5) is 4.79 Å². The Balaban J connectivity index is 4.35. The first kappa shape index (κ1) is 15.2. The Hall–Kier alpha value is -0.810. The van der Waals surface area contributed by atoms with Crippen molar-refractivity contribution in [3.63, 3.8) is 0 Å². The third-order valence-corrected chi connectivity index (χ3v) is 1.65. The summed E-state index contributed by atoms with van der Waals surface area (Å²) in [6.45, 7) is 8.63. The van der Waals surface area contributed by atoms with Gasteiger partial charge in [-0.2, -0.15) is 0 Å². The number of carbonyl (C=O) groups excluding carboxylic acids is 2. The molecule has 94 valence electrons. The molecule has 0 radical (unpaired) electrons. The summed E-state index contributed by atoms with van der Waals surface area (Å²) in [4.78, 5) is 30.6. The Morgan fingerprint density at radius 2 is 1.69 bits per heavy atom. The number of halogens is 1. The lowest BCUT2D eigenvalue weighted by Crippen LogP contribution is -2.33. The highest BCUT2D eigenvalue weighted by molar-refractivity contribution is 6.61. The van der Waals surface area contributed by atoms with E-state index in [0.717, 1.165) is 0 Å². The largest absolute Gasteiger partial charge is 0.435 e. The molecule has 0 heterocycles. The summed E-state index contributed by atoms with van der Waals surface area (Å²) < 4.78 is 5.03. The second-order valence-corrected chi connectivity index (χ2v) is 4.99. The average Bonchev–Trinajstić information content (AvgIpc) is 2.09. The molecule has 0 fully saturated rings. The summed E-state index contributed by atoms with van der Waals surface area (Å²) >= 11 is 4.93. The van der Waals surface area contributed by atoms with Crippen LogP contribution in [0.3, 0.4) is 0 Å². The van der Waals surface area contributed by atoms with Gasteiger partial charge in [0.1, 0.15) is 0 Å². The van der Waals surface area contributed by atoms with Crippen LogP contribution >= 0.6 is 11.6 Å². The van der Waals surface area contributed by atoms with Crippen LogP contribution in [0, 0.1) is 11.3 Å². The van der Waals surface area contributed by atoms with Crippen molar-refractivity contribution in [1.29, 1.82) is 0 Å². The average molecular weight is 253 g/mol. The van der Waals surface area contributed by atoms with E-state index in [4.69, 9.17) is 16.3 Å². The van der Waals surface area contributed by atoms with Crippen LogP contribution in [0.5, 0.6) is 0 Å². The zero-order chi connectivity index (χ0) is 12.9. The summed E-state index contributed by atoms with van der Waals surface area (Å²) in [7, 11) is 0. The van der Waals surface area contributed by atoms with E-state index in [2.05, 4.69) is 9.78 Å². The molecule has 0 spiro atoms. The molecular formula is C10H17ClO5. The minimum atomic E-state index is -1.11. The van der Waals surface area contributed by atoms with E-state index < -0.39 is 23.1 Å². The van der Waals surface area contributed by atoms with Gasteiger partial charge in [0.05, 0.1) is 5.41 Å². The topological polar surface area (TPSA) is 61.8 Å². The number of ether oxygens (including phenoxy) is 1. The van der Waals surface area contributed by atoms with E-state index in [1.165, 1.54) is 0 Å². The van der Waals surface area contributed by atoms with Crippen molar-refractivity contribution < 1.29 is 24.1 Å². The fraction of sp³-hybridized carbons (Fsp3) is 0.800. The molecule has 0 N–H and O–H groups in total. The molecule has 16 heavy (non-hydrogen) atoms. The zero-order valence-electron chi connectivity index (χ0n) is 10.1. The number of carbonyl (C=O) groups is 2. The SMILES string of the molecule is CC(C)C(OOC(=O)Cl)OC(=O)C(C)(C)C. The van der Waals surface area contributed by atoms with E-state index in [9.17, 15) is 9.59 Å². The highest BCUT2D eigenvalue weighted by Gasteiger charge is 2.29. The summed E-state index contributed by atoms with van der Waals surface area (Å²) in [5, 5.41) is 0. The monoisotopic (exact) mass is 252 g/mol. The molecule has 0 aromatic heterocycles. The van der Waals surface area contributed by atoms with Gasteiger partial charge in [-0.05, 0) is 20.8 Å². The van der Waals surface area contributed by atoms with Crippen molar-refractivity contribution in [2.75, 3.05) is 0 Å². The molecule has 0 aliphatic carbocycles. The predicted molar refractivity (Wildman–Crippen MR) is 57.6 cm³/mol. The lowest BCUT2D eigenvalue weighted by molar-refractivity contribution is -0.338. The molecule has 0 aliphatic rings. The van der Waals surface area contributed by atoms with E-state index in [1.54, 1.807) is 34.6 Å². The van der Waals surface area contributed by atoms with Gasteiger partial charge < -0.3 is 4.74 Å². The lowest BCUT2D eigenvalue weighted by atomic mass is 9.97. The minimum Gasteiger partial charge on any atom is -0.431 e. The molecule has 0 saturated heterocycles. The molecule has 0 aromatic rings. The van der Waals surface area contributed by atoms with Crippen molar-refractivity contribution in [3.8, 4) is 0 Å². The number of esters is 1. The fourth-order valence-electron chi connectivity index (χ4n) is 0.634. The quantitative estimate of drug-likeness (QED) is 0.253. The zero-order valence-corrected chi connectivity index (χ0v) is 10.8. The summed E-state index contributed by atoms with van der Waals surface area (Å²) in [6, 6.07) is 0. The Labute approximate surface area is 99.9 Å². The summed E-state index contributed by atoms with van der Waals surface area (Å²) in [5.41, 5.74) is -1.76. The van der Waals surface area contributed by atoms with Crippen LogP contribution in [-0.4, -0.2) is 17.7 Å². The molecule has 0 aromatic carbocycles. The minimum absolute atomic E-state index is 0.165. The van der Waals surface area contributed by atoms with E-state index in [0.29, 0.717) is 0 Å². The Morgan fingerprint density at radius 1 is 1.19 bits per heavy atom. The van der Waals surface area contributed by atoms with Gasteiger partial charge in [-0.15, -0.1) is 4.89 Å². The van der Waals surface area contributed by atoms with Crippen LogP contribution in [0.2, 0.25) is 0 Å². The van der Waals surface area contributed by atoms with Gasteiger partial charge in [-0.3, -0.25) is 9.68 Å². The maximum Gasteiger partial charge on any atom is 0.435 e. The smallest absolute Gasteiger partial charge is 0.431 e. The van der Waals surface area contributed by atoms with Crippen molar-refractivity contribution in [2.45, 2.75) is 40.9 Å². The predicted octanol–water partition coefficient (Wildman–Crippen LogP) is 2.86. The number of hydrogen-bond acceptors (Lipinski definition) is 5. The van der Waals surface area contributed by atoms with Gasteiger partial charge in [0.15, 0.2) is 0 Å². The van der Waals surface area contributed by atoms with Crippen LogP contribution in [0.15, 0.2) is 0 Å². The molecular weight excluding hydrogens is 236 g/mol. The maximum atomic E-state index is 11.5. The molecule has 1 unspecified atom stereocenters. The molecule has 0 rings (SSSR count). The molecule has 0 amide bonds. The summed E-state index contributed by atoms with van der Waals surface area (Å²) in [6.07, 6.45) is -0.963. The maximum absolute atomic E-state index is 11.5. The van der Waals surface area contributed by atoms with E-state index in [-0.39, 0.29) is 5.92 Å². The fourth-order valence-corrected chi connectivity index (χ4v) is 0.671. The van der Waals surface area contributed by atoms with Crippen LogP contribution in [0.1, 0.15) is 34.6 Å². The van der Waals surface area contributed by atoms with Crippen molar-refractivity contribution in [2.24, 2.45) is 11.3 Å². The second kappa shape index (κ2) is 6.06. The third kappa shape index (κ3) is 5.92. The first-order valence-electron chi connectivity index (χ1n) is 4.88. The van der Waals surface area contributed by atoms with Gasteiger partial charge in [-0.25, -0.2) is 4.79 Å². The van der Waals surface area contributed by atoms with Crippen LogP contribution in [0.25, 0.3) is 0 Å². The Morgan fingerprint density at radius 3 is 2.00 bits per heavy atom. The first-order valence-corrected chi connectivity index (χ1v) is 5.26. The highest BCUT2D eigenvalue weighted by Crippen LogP contribution is 2.19. The standard InChI is InChI=1S/C10H17ClO5/c1-6(2)7(15-16-9(11)13)14-8(12)10(3,4)5/h6-7H,1-5H3. The third-order valence-electron chi connectivity index (χ3n) is 1.59. The van der Waals surface area contributed by atoms with Crippen LogP contribution < -0.4 is 0 Å². The molecule has 6 heteroatoms. The first-order chi connectivity index (χ1) is 7.14. The lowest BCUT2D eigenvalue weighted by Gasteiger charge is -2.23. The number of hydrogen-bond donors (Lipinski definition) is 0. The molecule has 0 saturated carbocycles. The van der Waals surface area contributed by atoms with Crippen molar-refractivity contribution in [3.05, 3.63) is 0 Å². The summed E-state index contributed by atoms with van der Waals surface area (Å²) in [5.74, 6) is -0.612.